The van der Waals surface area contributed by atoms with E-state index in [9.17, 15) is 39.6 Å². The van der Waals surface area contributed by atoms with E-state index in [1.54, 1.807) is 27.7 Å². The minimum atomic E-state index is -1.24. The molecular formula is C20H36O16Ti. The van der Waals surface area contributed by atoms with Gasteiger partial charge in [0.05, 0.1) is 50.3 Å². The van der Waals surface area contributed by atoms with Crippen molar-refractivity contribution < 1.29 is 99.2 Å². The Morgan fingerprint density at radius 2 is 0.595 bits per heavy atom. The van der Waals surface area contributed by atoms with Gasteiger partial charge in [-0.25, -0.2) is 0 Å². The van der Waals surface area contributed by atoms with Crippen LogP contribution in [-0.4, -0.2) is 104 Å². The summed E-state index contributed by atoms with van der Waals surface area (Å²) in [5.41, 5.74) is 0. The normalized spacial score (nSPS) is 12.8. The molecule has 0 aromatic heterocycles. The van der Waals surface area contributed by atoms with Crippen LogP contribution in [0.1, 0.15) is 27.7 Å². The van der Waals surface area contributed by atoms with Crippen molar-refractivity contribution in [3.8, 4) is 0 Å². The summed E-state index contributed by atoms with van der Waals surface area (Å²) >= 11 is 0. The average molecular weight is 580 g/mol. The Hall–Kier alpha value is -1.73. The molecule has 0 saturated heterocycles. The van der Waals surface area contributed by atoms with Gasteiger partial charge in [-0.15, -0.1) is 0 Å². The van der Waals surface area contributed by atoms with Crippen LogP contribution in [0.3, 0.4) is 0 Å². The standard InChI is InChI=1S/4C5H10O4.Ti/c4*1-4(8-2)9-3-5(6)7;/h4*4H,3H2,1-2H3,(H,6,7);/q;;;;+4/p-4. The monoisotopic (exact) mass is 580 g/mol. The van der Waals surface area contributed by atoms with Gasteiger partial charge in [0.25, 0.3) is 0 Å². The Kier molecular flexibility index (Phi) is 39.5. The molecule has 0 saturated carbocycles. The van der Waals surface area contributed by atoms with Crippen LogP contribution in [0.15, 0.2) is 0 Å². The van der Waals surface area contributed by atoms with Crippen LogP contribution >= 0.6 is 0 Å². The first-order valence-corrected chi connectivity index (χ1v) is 10.0. The van der Waals surface area contributed by atoms with Crippen LogP contribution in [0.5, 0.6) is 0 Å². The number of hydrogen-bond acceptors (Lipinski definition) is 16. The van der Waals surface area contributed by atoms with E-state index in [2.05, 4.69) is 37.9 Å². The van der Waals surface area contributed by atoms with Gasteiger partial charge in [0.15, 0.2) is 25.2 Å². The molecule has 4 unspecified atom stereocenters. The summed E-state index contributed by atoms with van der Waals surface area (Å²) in [5, 5.41) is 38.9. The fourth-order valence-corrected chi connectivity index (χ4v) is 1.01. The van der Waals surface area contributed by atoms with Crippen molar-refractivity contribution in [2.75, 3.05) is 54.9 Å². The van der Waals surface area contributed by atoms with Gasteiger partial charge in [0.1, 0.15) is 0 Å². The molecule has 216 valence electrons. The second kappa shape index (κ2) is 32.3. The predicted octanol–water partition coefficient (Wildman–Crippen LogP) is -5.02. The van der Waals surface area contributed by atoms with E-state index in [0.29, 0.717) is 0 Å². The largest absolute Gasteiger partial charge is 4.00 e. The third-order valence-corrected chi connectivity index (χ3v) is 3.07. The van der Waals surface area contributed by atoms with Crippen molar-refractivity contribution in [3.63, 3.8) is 0 Å². The smallest absolute Gasteiger partial charge is 0.548 e. The molecule has 0 aliphatic rings. The van der Waals surface area contributed by atoms with Crippen molar-refractivity contribution in [2.24, 2.45) is 0 Å². The van der Waals surface area contributed by atoms with Crippen LogP contribution in [0.25, 0.3) is 0 Å². The summed E-state index contributed by atoms with van der Waals surface area (Å²) < 4.78 is 36.6. The van der Waals surface area contributed by atoms with E-state index < -0.39 is 75.5 Å². The number of carbonyl (C=O) groups is 4. The second-order valence-electron chi connectivity index (χ2n) is 5.95. The Balaban J connectivity index is -0.000000122. The van der Waals surface area contributed by atoms with Crippen LogP contribution in [0, 0.1) is 0 Å². The summed E-state index contributed by atoms with van der Waals surface area (Å²) in [5.74, 6) is -4.95. The van der Waals surface area contributed by atoms with E-state index >= 15 is 0 Å². The fraction of sp³-hybridized carbons (Fsp3) is 0.800. The van der Waals surface area contributed by atoms with Crippen LogP contribution in [0.4, 0.5) is 0 Å². The van der Waals surface area contributed by atoms with Crippen molar-refractivity contribution >= 4 is 23.9 Å². The maximum absolute atomic E-state index is 9.73. The van der Waals surface area contributed by atoms with Crippen LogP contribution in [-0.2, 0) is 78.8 Å². The van der Waals surface area contributed by atoms with Crippen LogP contribution < -0.4 is 20.4 Å². The zero-order valence-corrected chi connectivity index (χ0v) is 23.7. The van der Waals surface area contributed by atoms with Gasteiger partial charge in [-0.3, -0.25) is 0 Å². The Bertz CT molecular complexity index is 466. The molecule has 17 heteroatoms. The molecule has 0 heterocycles. The molecular weight excluding hydrogens is 544 g/mol. The van der Waals surface area contributed by atoms with Gasteiger partial charge >= 0.3 is 21.7 Å². The summed E-state index contributed by atoms with van der Waals surface area (Å²) in [4.78, 5) is 38.9. The first-order valence-electron chi connectivity index (χ1n) is 10.0. The number of rotatable bonds is 16. The van der Waals surface area contributed by atoms with E-state index in [0.717, 1.165) is 0 Å². The number of methoxy groups -OCH3 is 4. The molecule has 4 atom stereocenters. The number of carbonyl (C=O) groups excluding carboxylic acids is 4. The van der Waals surface area contributed by atoms with Crippen molar-refractivity contribution in [2.45, 2.75) is 52.9 Å². The van der Waals surface area contributed by atoms with Crippen molar-refractivity contribution in [1.29, 1.82) is 0 Å². The first kappa shape index (κ1) is 45.2. The molecule has 0 rings (SSSR count). The maximum atomic E-state index is 9.73. The number of ether oxygens (including phenoxy) is 8. The SMILES string of the molecule is COC(C)OCC(=O)[O-].COC(C)OCC(=O)[O-].COC(C)OCC(=O)[O-].COC(C)OCC(=O)[O-].[Ti+4]. The molecule has 0 aromatic rings. The van der Waals surface area contributed by atoms with E-state index in [1.165, 1.54) is 28.4 Å². The van der Waals surface area contributed by atoms with Gasteiger partial charge in [-0.1, -0.05) is 0 Å². The summed E-state index contributed by atoms with van der Waals surface area (Å²) in [6, 6.07) is 0. The number of aliphatic carboxylic acids is 4. The quantitative estimate of drug-likeness (QED) is 0.123. The first-order chi connectivity index (χ1) is 16.7. The fourth-order valence-electron chi connectivity index (χ4n) is 1.01. The molecule has 0 aliphatic heterocycles. The van der Waals surface area contributed by atoms with Crippen molar-refractivity contribution in [3.05, 3.63) is 0 Å². The van der Waals surface area contributed by atoms with Gasteiger partial charge in [-0.2, -0.15) is 0 Å². The van der Waals surface area contributed by atoms with E-state index in [-0.39, 0.29) is 21.7 Å². The minimum Gasteiger partial charge on any atom is -0.548 e. The van der Waals surface area contributed by atoms with Gasteiger partial charge in [-0.05, 0) is 27.7 Å². The topological polar surface area (TPSA) is 234 Å². The molecule has 0 N–H and O–H groups in total. The second-order valence-corrected chi connectivity index (χ2v) is 5.95. The molecule has 0 radical (unpaired) electrons. The Labute approximate surface area is 230 Å². The minimum absolute atomic E-state index is 0. The van der Waals surface area contributed by atoms with Gasteiger partial charge < -0.3 is 77.5 Å². The average Bonchev–Trinajstić information content (AvgIpc) is 2.83. The maximum Gasteiger partial charge on any atom is 4.00 e. The summed E-state index contributed by atoms with van der Waals surface area (Å²) in [6.45, 7) is 4.71. The number of carboxylic acid groups (broad SMARTS) is 4. The molecule has 0 aliphatic carbocycles. The van der Waals surface area contributed by atoms with E-state index in [1.807, 2.05) is 0 Å². The number of carboxylic acids is 4. The van der Waals surface area contributed by atoms with Gasteiger partial charge in [0.2, 0.25) is 0 Å². The molecule has 0 aromatic carbocycles. The molecule has 16 nitrogen and oxygen atoms in total. The number of hydrogen-bond donors (Lipinski definition) is 0. The van der Waals surface area contributed by atoms with Crippen molar-refractivity contribution in [1.82, 2.24) is 0 Å². The molecule has 0 bridgehead atoms. The van der Waals surface area contributed by atoms with E-state index in [4.69, 9.17) is 0 Å². The zero-order chi connectivity index (χ0) is 29.1. The zero-order valence-electron chi connectivity index (χ0n) is 22.2. The molecule has 0 amide bonds. The molecule has 0 spiro atoms. The van der Waals surface area contributed by atoms with Crippen LogP contribution in [0.2, 0.25) is 0 Å². The predicted molar refractivity (Wildman–Crippen MR) is 110 cm³/mol. The third kappa shape index (κ3) is 51.7. The summed E-state index contributed by atoms with van der Waals surface area (Å²) in [7, 11) is 5.72. The molecule has 0 fully saturated rings. The summed E-state index contributed by atoms with van der Waals surface area (Å²) in [6.07, 6.45) is -1.93. The third-order valence-electron chi connectivity index (χ3n) is 3.07. The molecule has 37 heavy (non-hydrogen) atoms. The Morgan fingerprint density at radius 1 is 0.459 bits per heavy atom. The Morgan fingerprint density at radius 3 is 0.676 bits per heavy atom. The van der Waals surface area contributed by atoms with Gasteiger partial charge in [0, 0.05) is 28.4 Å².